The smallest absolute Gasteiger partial charge is 0.503 e. The molecule has 12 rings (SSSR count). The summed E-state index contributed by atoms with van der Waals surface area (Å²) in [6.07, 6.45) is 3.62. The summed E-state index contributed by atoms with van der Waals surface area (Å²) in [5, 5.41) is 0. The van der Waals surface area contributed by atoms with Gasteiger partial charge in [0.05, 0.1) is 5.69 Å². The van der Waals surface area contributed by atoms with Crippen LogP contribution in [0.4, 0.5) is 34.5 Å². The third kappa shape index (κ3) is 9.41. The van der Waals surface area contributed by atoms with Crippen molar-refractivity contribution in [3.8, 4) is 45.3 Å². The van der Waals surface area contributed by atoms with Gasteiger partial charge in [-0.15, -0.1) is 114 Å². The molecule has 0 atom stereocenters. The SMILES string of the molecule is CC1(C)c2ccccc2N(c2[c-]c(Oc3[c-]c(-c4ccccn4)ccc3)ccc2)c2ncccc21.CC1(C)c2ccccc2N(c2cccc(-c3[c-]cccc3)n2)c2nc(-c3[c-]cccc3)ccc21.[Pt+2].[Pt+2]. The van der Waals surface area contributed by atoms with Gasteiger partial charge in [0, 0.05) is 51.5 Å². The van der Waals surface area contributed by atoms with Crippen molar-refractivity contribution in [3.63, 3.8) is 0 Å². The zero-order valence-corrected chi connectivity index (χ0v) is 43.9. The van der Waals surface area contributed by atoms with E-state index >= 15 is 0 Å². The van der Waals surface area contributed by atoms with Crippen molar-refractivity contribution in [2.45, 2.75) is 38.5 Å². The molecule has 9 heteroatoms. The van der Waals surface area contributed by atoms with Gasteiger partial charge in [-0.25, -0.2) is 4.98 Å². The zero-order chi connectivity index (χ0) is 47.0. The number of nitrogens with zero attached hydrogens (tertiary/aromatic N) is 6. The van der Waals surface area contributed by atoms with Gasteiger partial charge in [-0.3, -0.25) is 14.9 Å². The molecule has 0 aliphatic carbocycles. The first-order valence-electron chi connectivity index (χ1n) is 23.1. The Morgan fingerprint density at radius 3 is 1.63 bits per heavy atom. The Hall–Kier alpha value is -7.30. The van der Waals surface area contributed by atoms with E-state index in [-0.39, 0.29) is 53.0 Å². The van der Waals surface area contributed by atoms with Crippen LogP contribution in [0.5, 0.6) is 11.5 Å². The molecule has 7 nitrogen and oxygen atoms in total. The summed E-state index contributed by atoms with van der Waals surface area (Å²) in [4.78, 5) is 23.8. The average Bonchev–Trinajstić information content (AvgIpc) is 3.40. The van der Waals surface area contributed by atoms with Gasteiger partial charge in [0.2, 0.25) is 0 Å². The van der Waals surface area contributed by atoms with E-state index in [9.17, 15) is 0 Å². The standard InChI is InChI=1S/C31H23N3O.C31H23N3.2Pt/c1-31(2)26-14-3-4-17-29(26)34(30-27(31)15-9-19-33-30)23-11-8-13-25(21-23)35-24-12-7-10-22(20-24)28-16-5-6-18-32-28;1-31(2)24-16-9-10-18-28(24)34(29-19-11-17-26(32-29)22-12-5-3-6-13-22)30-25(31)20-21-27(33-30)23-14-7-4-8-15-23;;/h3-19H,1-2H3;3-12,14,16-21H,1-2H3;;/q2*-2;2*+2. The number of rotatable bonds is 7. The molecular weight excluding hydrogens is 1230 g/mol. The van der Waals surface area contributed by atoms with Gasteiger partial charge in [-0.05, 0) is 58.5 Å². The molecule has 6 heterocycles. The van der Waals surface area contributed by atoms with Crippen molar-refractivity contribution in [2.24, 2.45) is 0 Å². The van der Waals surface area contributed by atoms with Crippen LogP contribution in [0.2, 0.25) is 0 Å². The van der Waals surface area contributed by atoms with Crippen LogP contribution in [0.25, 0.3) is 33.8 Å². The molecule has 350 valence electrons. The van der Waals surface area contributed by atoms with E-state index in [0.717, 1.165) is 68.3 Å². The van der Waals surface area contributed by atoms with Crippen molar-refractivity contribution < 1.29 is 46.9 Å². The summed E-state index contributed by atoms with van der Waals surface area (Å²) >= 11 is 0. The monoisotopic (exact) mass is 1280 g/mol. The van der Waals surface area contributed by atoms with Crippen LogP contribution in [-0.2, 0) is 53.0 Å². The number of ether oxygens (including phenoxy) is 1. The molecule has 6 aromatic carbocycles. The molecule has 0 fully saturated rings. The fourth-order valence-electron chi connectivity index (χ4n) is 9.43. The van der Waals surface area contributed by atoms with Gasteiger partial charge in [0.25, 0.3) is 0 Å². The molecule has 0 saturated carbocycles. The Labute approximate surface area is 444 Å². The van der Waals surface area contributed by atoms with Crippen molar-refractivity contribution >= 4 is 34.5 Å². The fraction of sp³-hybridized carbons (Fsp3) is 0.0968. The minimum absolute atomic E-state index is 0. The molecule has 4 aromatic heterocycles. The third-order valence-corrected chi connectivity index (χ3v) is 12.9. The number of hydrogen-bond donors (Lipinski definition) is 0. The molecule has 2 aliphatic heterocycles. The number of benzene rings is 6. The molecule has 0 bridgehead atoms. The maximum absolute atomic E-state index is 6.20. The average molecular weight is 1280 g/mol. The molecule has 0 spiro atoms. The quantitative estimate of drug-likeness (QED) is 0.147. The predicted molar refractivity (Wildman–Crippen MR) is 276 cm³/mol. The van der Waals surface area contributed by atoms with Crippen molar-refractivity contribution in [1.82, 2.24) is 19.9 Å². The second-order valence-corrected chi connectivity index (χ2v) is 18.0. The van der Waals surface area contributed by atoms with Gasteiger partial charge >= 0.3 is 42.1 Å². The summed E-state index contributed by atoms with van der Waals surface area (Å²) in [5.41, 5.74) is 13.0. The van der Waals surface area contributed by atoms with E-state index in [1.807, 2.05) is 128 Å². The first-order chi connectivity index (χ1) is 33.7. The number of fused-ring (bicyclic) bond motifs is 4. The van der Waals surface area contributed by atoms with Crippen LogP contribution in [0, 0.1) is 24.3 Å². The molecular formula is C62H46N6OPt2. The van der Waals surface area contributed by atoms with Crippen LogP contribution in [0.3, 0.4) is 0 Å². The number of pyridine rings is 4. The van der Waals surface area contributed by atoms with E-state index in [4.69, 9.17) is 19.7 Å². The van der Waals surface area contributed by atoms with E-state index < -0.39 is 0 Å². The van der Waals surface area contributed by atoms with Crippen molar-refractivity contribution in [1.29, 1.82) is 0 Å². The van der Waals surface area contributed by atoms with Gasteiger partial charge in [-0.1, -0.05) is 118 Å². The Morgan fingerprint density at radius 1 is 0.408 bits per heavy atom. The Morgan fingerprint density at radius 2 is 0.958 bits per heavy atom. The molecule has 0 radical (unpaired) electrons. The van der Waals surface area contributed by atoms with Crippen LogP contribution in [0.1, 0.15) is 49.9 Å². The first kappa shape index (κ1) is 48.7. The minimum atomic E-state index is -0.195. The molecule has 71 heavy (non-hydrogen) atoms. The number of aromatic nitrogens is 4. The summed E-state index contributed by atoms with van der Waals surface area (Å²) in [6.45, 7) is 9.02. The van der Waals surface area contributed by atoms with Crippen LogP contribution >= 0.6 is 0 Å². The van der Waals surface area contributed by atoms with Gasteiger partial charge in [0.1, 0.15) is 17.5 Å². The second kappa shape index (κ2) is 20.6. The largest absolute Gasteiger partial charge is 2.00 e. The number of hydrogen-bond acceptors (Lipinski definition) is 7. The number of para-hydroxylation sites is 2. The Balaban J connectivity index is 0.000000171. The summed E-state index contributed by atoms with van der Waals surface area (Å²) in [5.74, 6) is 3.87. The van der Waals surface area contributed by atoms with Crippen LogP contribution in [-0.4, -0.2) is 19.9 Å². The summed E-state index contributed by atoms with van der Waals surface area (Å²) in [7, 11) is 0. The first-order valence-corrected chi connectivity index (χ1v) is 23.1. The zero-order valence-electron chi connectivity index (χ0n) is 39.4. The minimum Gasteiger partial charge on any atom is -0.503 e. The van der Waals surface area contributed by atoms with Crippen LogP contribution < -0.4 is 14.5 Å². The topological polar surface area (TPSA) is 67.3 Å². The summed E-state index contributed by atoms with van der Waals surface area (Å²) < 4.78 is 6.20. The summed E-state index contributed by atoms with van der Waals surface area (Å²) in [6, 6.07) is 78.5. The second-order valence-electron chi connectivity index (χ2n) is 18.0. The molecule has 0 N–H and O–H groups in total. The maximum atomic E-state index is 6.20. The van der Waals surface area contributed by atoms with Gasteiger partial charge in [0.15, 0.2) is 0 Å². The molecule has 10 aromatic rings. The van der Waals surface area contributed by atoms with Gasteiger partial charge in [-0.2, -0.15) is 6.07 Å². The maximum Gasteiger partial charge on any atom is 2.00 e. The van der Waals surface area contributed by atoms with E-state index in [1.54, 1.807) is 6.20 Å². The molecule has 2 aliphatic rings. The Bertz CT molecular complexity index is 3410. The van der Waals surface area contributed by atoms with E-state index in [1.165, 1.54) is 22.3 Å². The normalized spacial score (nSPS) is 13.3. The van der Waals surface area contributed by atoms with Crippen molar-refractivity contribution in [3.05, 3.63) is 253 Å². The molecule has 0 amide bonds. The fourth-order valence-corrected chi connectivity index (χ4v) is 9.43. The molecule has 0 saturated heterocycles. The van der Waals surface area contributed by atoms with Gasteiger partial charge < -0.3 is 14.6 Å². The van der Waals surface area contributed by atoms with E-state index in [2.05, 4.69) is 140 Å². The number of anilines is 6. The van der Waals surface area contributed by atoms with Crippen LogP contribution in [0.15, 0.2) is 207 Å². The predicted octanol–water partition coefficient (Wildman–Crippen LogP) is 15.2. The van der Waals surface area contributed by atoms with Crippen molar-refractivity contribution in [2.75, 3.05) is 9.80 Å². The Kier molecular flexibility index (Phi) is 14.1. The third-order valence-electron chi connectivity index (χ3n) is 12.9. The molecule has 0 unspecified atom stereocenters. The van der Waals surface area contributed by atoms with E-state index in [0.29, 0.717) is 11.5 Å².